The van der Waals surface area contributed by atoms with Crippen LogP contribution in [0.5, 0.6) is 0 Å². The van der Waals surface area contributed by atoms with Crippen molar-refractivity contribution in [2.24, 2.45) is 5.41 Å². The van der Waals surface area contributed by atoms with Crippen LogP contribution >= 0.6 is 0 Å². The normalized spacial score (nSPS) is 15.9. The molecule has 0 radical (unpaired) electrons. The molecular formula is C23H29N5O2. The third-order valence-electron chi connectivity index (χ3n) is 5.59. The second kappa shape index (κ2) is 8.44. The molecule has 3 aromatic rings. The number of benzene rings is 1. The van der Waals surface area contributed by atoms with Gasteiger partial charge in [-0.1, -0.05) is 39.0 Å². The Morgan fingerprint density at radius 3 is 2.70 bits per heavy atom. The Morgan fingerprint density at radius 2 is 2.00 bits per heavy atom. The van der Waals surface area contributed by atoms with Gasteiger partial charge in [0.15, 0.2) is 0 Å². The van der Waals surface area contributed by atoms with Gasteiger partial charge in [0, 0.05) is 37.4 Å². The van der Waals surface area contributed by atoms with Crippen LogP contribution in [-0.4, -0.2) is 52.8 Å². The molecule has 1 amide bonds. The van der Waals surface area contributed by atoms with E-state index in [1.54, 1.807) is 12.5 Å². The van der Waals surface area contributed by atoms with Crippen LogP contribution in [0, 0.1) is 5.41 Å². The lowest BCUT2D eigenvalue weighted by molar-refractivity contribution is 0.0894. The molecule has 1 atom stereocenters. The van der Waals surface area contributed by atoms with Crippen LogP contribution in [0.4, 0.5) is 5.82 Å². The summed E-state index contributed by atoms with van der Waals surface area (Å²) >= 11 is 0. The van der Waals surface area contributed by atoms with E-state index in [0.717, 1.165) is 29.8 Å². The predicted octanol–water partition coefficient (Wildman–Crippen LogP) is 3.11. The summed E-state index contributed by atoms with van der Waals surface area (Å²) in [6.07, 6.45) is 5.46. The largest absolute Gasteiger partial charge is 0.378 e. The molecule has 0 spiro atoms. The van der Waals surface area contributed by atoms with Crippen molar-refractivity contribution in [1.29, 1.82) is 0 Å². The molecule has 7 nitrogen and oxygen atoms in total. The Morgan fingerprint density at radius 1 is 1.23 bits per heavy atom. The molecule has 1 unspecified atom stereocenters. The first kappa shape index (κ1) is 20.3. The first-order valence-corrected chi connectivity index (χ1v) is 10.4. The minimum absolute atomic E-state index is 0.0574. The number of fused-ring (bicyclic) bond motifs is 1. The molecule has 4 rings (SSSR count). The van der Waals surface area contributed by atoms with Crippen molar-refractivity contribution < 1.29 is 9.53 Å². The number of para-hydroxylation sites is 1. The van der Waals surface area contributed by atoms with Crippen LogP contribution < -0.4 is 10.2 Å². The monoisotopic (exact) mass is 407 g/mol. The molecule has 1 fully saturated rings. The Balaban J connectivity index is 1.67. The molecule has 158 valence electrons. The molecule has 1 N–H and O–H groups in total. The zero-order chi connectivity index (χ0) is 21.1. The Kier molecular flexibility index (Phi) is 5.72. The summed E-state index contributed by atoms with van der Waals surface area (Å²) < 4.78 is 7.47. The summed E-state index contributed by atoms with van der Waals surface area (Å²) in [6.45, 7) is 9.97. The highest BCUT2D eigenvalue weighted by atomic mass is 16.5. The highest BCUT2D eigenvalue weighted by molar-refractivity contribution is 6.07. The minimum atomic E-state index is -0.115. The molecule has 7 heteroatoms. The first-order chi connectivity index (χ1) is 14.4. The molecule has 1 saturated heterocycles. The number of nitrogens with zero attached hydrogens (tertiary/aromatic N) is 4. The van der Waals surface area contributed by atoms with Crippen molar-refractivity contribution in [3.05, 3.63) is 54.6 Å². The van der Waals surface area contributed by atoms with Gasteiger partial charge in [0.1, 0.15) is 5.82 Å². The number of ether oxygens (including phenoxy) is 1. The Hall–Kier alpha value is -2.93. The summed E-state index contributed by atoms with van der Waals surface area (Å²) in [6, 6.07) is 9.68. The third-order valence-corrected chi connectivity index (χ3v) is 5.59. The maximum Gasteiger partial charge on any atom is 0.252 e. The van der Waals surface area contributed by atoms with E-state index in [2.05, 4.69) is 36.0 Å². The van der Waals surface area contributed by atoms with Crippen LogP contribution in [0.3, 0.4) is 0 Å². The number of hydrogen-bond acceptors (Lipinski definition) is 5. The summed E-state index contributed by atoms with van der Waals surface area (Å²) in [4.78, 5) is 24.6. The fourth-order valence-electron chi connectivity index (χ4n) is 3.68. The van der Waals surface area contributed by atoms with E-state index in [9.17, 15) is 4.79 Å². The van der Waals surface area contributed by atoms with Gasteiger partial charge < -0.3 is 19.5 Å². The molecule has 3 heterocycles. The third kappa shape index (κ3) is 4.46. The minimum Gasteiger partial charge on any atom is -0.378 e. The second-order valence-electron chi connectivity index (χ2n) is 8.80. The number of morpholine rings is 1. The standard InChI is InChI=1S/C23H29N5O2/c1-23(2,3)20(15-27-9-8-24-16-27)26-22(29)18-14-21(28-10-12-30-13-11-28)25-19-7-5-4-6-17(18)19/h4-9,14,16,20H,10-13,15H2,1-3H3,(H,26,29). The van der Waals surface area contributed by atoms with E-state index in [0.29, 0.717) is 25.3 Å². The highest BCUT2D eigenvalue weighted by Gasteiger charge is 2.28. The van der Waals surface area contributed by atoms with Gasteiger partial charge in [-0.2, -0.15) is 0 Å². The maximum absolute atomic E-state index is 13.5. The maximum atomic E-state index is 13.5. The number of aromatic nitrogens is 3. The lowest BCUT2D eigenvalue weighted by Crippen LogP contribution is -2.46. The number of imidazole rings is 1. The molecule has 0 saturated carbocycles. The average molecular weight is 408 g/mol. The quantitative estimate of drug-likeness (QED) is 0.704. The van der Waals surface area contributed by atoms with E-state index in [1.807, 2.05) is 41.1 Å². The number of carbonyl (C=O) groups is 1. The van der Waals surface area contributed by atoms with E-state index in [-0.39, 0.29) is 17.4 Å². The summed E-state index contributed by atoms with van der Waals surface area (Å²) in [5, 5.41) is 4.14. The smallest absolute Gasteiger partial charge is 0.252 e. The predicted molar refractivity (Wildman–Crippen MR) is 118 cm³/mol. The SMILES string of the molecule is CC(C)(C)C(Cn1ccnc1)NC(=O)c1cc(N2CCOCC2)nc2ccccc12. The molecule has 1 aromatic carbocycles. The second-order valence-corrected chi connectivity index (χ2v) is 8.80. The molecule has 0 aliphatic carbocycles. The van der Waals surface area contributed by atoms with E-state index >= 15 is 0 Å². The van der Waals surface area contributed by atoms with Gasteiger partial charge in [0.05, 0.1) is 36.7 Å². The van der Waals surface area contributed by atoms with Gasteiger partial charge in [-0.15, -0.1) is 0 Å². The van der Waals surface area contributed by atoms with Crippen LogP contribution in [-0.2, 0) is 11.3 Å². The van der Waals surface area contributed by atoms with E-state index < -0.39 is 0 Å². The Bertz CT molecular complexity index is 1000. The van der Waals surface area contributed by atoms with Crippen molar-refractivity contribution >= 4 is 22.6 Å². The first-order valence-electron chi connectivity index (χ1n) is 10.4. The number of hydrogen-bond donors (Lipinski definition) is 1. The van der Waals surface area contributed by atoms with Crippen molar-refractivity contribution in [2.45, 2.75) is 33.4 Å². The van der Waals surface area contributed by atoms with E-state index in [4.69, 9.17) is 9.72 Å². The number of amides is 1. The topological polar surface area (TPSA) is 72.3 Å². The van der Waals surface area contributed by atoms with Crippen LogP contribution in [0.25, 0.3) is 10.9 Å². The lowest BCUT2D eigenvalue weighted by Gasteiger charge is -2.32. The van der Waals surface area contributed by atoms with Crippen LogP contribution in [0.15, 0.2) is 49.1 Å². The zero-order valence-electron chi connectivity index (χ0n) is 17.8. The molecular weight excluding hydrogens is 378 g/mol. The molecule has 2 aromatic heterocycles. The van der Waals surface area contributed by atoms with Crippen molar-refractivity contribution in [3.8, 4) is 0 Å². The van der Waals surface area contributed by atoms with Gasteiger partial charge in [0.2, 0.25) is 0 Å². The van der Waals surface area contributed by atoms with E-state index in [1.165, 1.54) is 0 Å². The van der Waals surface area contributed by atoms with Crippen LogP contribution in [0.1, 0.15) is 31.1 Å². The number of carbonyl (C=O) groups excluding carboxylic acids is 1. The van der Waals surface area contributed by atoms with Crippen molar-refractivity contribution in [3.63, 3.8) is 0 Å². The summed E-state index contributed by atoms with van der Waals surface area (Å²) in [5.41, 5.74) is 1.37. The lowest BCUT2D eigenvalue weighted by atomic mass is 9.86. The zero-order valence-corrected chi connectivity index (χ0v) is 17.8. The average Bonchev–Trinajstić information content (AvgIpc) is 3.25. The fourth-order valence-corrected chi connectivity index (χ4v) is 3.68. The molecule has 0 bridgehead atoms. The number of anilines is 1. The molecule has 1 aliphatic rings. The molecule has 1 aliphatic heterocycles. The van der Waals surface area contributed by atoms with Crippen molar-refractivity contribution in [1.82, 2.24) is 19.9 Å². The molecule has 30 heavy (non-hydrogen) atoms. The van der Waals surface area contributed by atoms with Gasteiger partial charge in [-0.3, -0.25) is 4.79 Å². The van der Waals surface area contributed by atoms with Crippen LogP contribution in [0.2, 0.25) is 0 Å². The highest BCUT2D eigenvalue weighted by Crippen LogP contribution is 2.26. The summed E-state index contributed by atoms with van der Waals surface area (Å²) in [5.74, 6) is 0.743. The number of pyridine rings is 1. The fraction of sp³-hybridized carbons (Fsp3) is 0.435. The number of rotatable bonds is 5. The van der Waals surface area contributed by atoms with Crippen molar-refractivity contribution in [2.75, 3.05) is 31.2 Å². The number of nitrogens with one attached hydrogen (secondary N) is 1. The van der Waals surface area contributed by atoms with Gasteiger partial charge in [0.25, 0.3) is 5.91 Å². The van der Waals surface area contributed by atoms with Gasteiger partial charge in [-0.25, -0.2) is 9.97 Å². The van der Waals surface area contributed by atoms with Gasteiger partial charge in [-0.05, 0) is 17.5 Å². The van der Waals surface area contributed by atoms with Gasteiger partial charge >= 0.3 is 0 Å². The Labute approximate surface area is 177 Å². The summed E-state index contributed by atoms with van der Waals surface area (Å²) in [7, 11) is 0.